The quantitative estimate of drug-likeness (QED) is 0.813. The Labute approximate surface area is 89.5 Å². The van der Waals surface area contributed by atoms with Crippen molar-refractivity contribution in [1.82, 2.24) is 5.32 Å². The third-order valence-electron chi connectivity index (χ3n) is 2.59. The zero-order chi connectivity index (χ0) is 11.6. The molecule has 0 amide bonds. The van der Waals surface area contributed by atoms with Crippen molar-refractivity contribution in [2.75, 3.05) is 7.05 Å². The van der Waals surface area contributed by atoms with E-state index in [1.54, 1.807) is 14.0 Å². The van der Waals surface area contributed by atoms with Crippen LogP contribution in [0.15, 0.2) is 12.1 Å². The van der Waals surface area contributed by atoms with E-state index in [0.29, 0.717) is 11.1 Å². The van der Waals surface area contributed by atoms with Gasteiger partial charge in [-0.05, 0) is 37.6 Å². The molecule has 1 N–H and O–H groups in total. The van der Waals surface area contributed by atoms with E-state index in [9.17, 15) is 8.78 Å². The molecular weight excluding hydrogens is 196 g/mol. The zero-order valence-corrected chi connectivity index (χ0v) is 9.57. The fourth-order valence-electron chi connectivity index (χ4n) is 1.75. The average Bonchev–Trinajstić information content (AvgIpc) is 2.14. The van der Waals surface area contributed by atoms with Crippen LogP contribution in [-0.2, 0) is 0 Å². The lowest BCUT2D eigenvalue weighted by Crippen LogP contribution is -2.23. The summed E-state index contributed by atoms with van der Waals surface area (Å²) in [6, 6.07) is 2.38. The van der Waals surface area contributed by atoms with Crippen LogP contribution in [0.3, 0.4) is 0 Å². The molecule has 0 saturated carbocycles. The number of rotatable bonds is 3. The molecule has 3 heteroatoms. The van der Waals surface area contributed by atoms with Gasteiger partial charge < -0.3 is 5.32 Å². The van der Waals surface area contributed by atoms with E-state index in [2.05, 4.69) is 5.32 Å². The first-order chi connectivity index (χ1) is 6.97. The Bertz CT molecular complexity index is 348. The summed E-state index contributed by atoms with van der Waals surface area (Å²) in [6.45, 7) is 5.50. The molecule has 84 valence electrons. The molecule has 1 aromatic rings. The first-order valence-corrected chi connectivity index (χ1v) is 5.10. The minimum absolute atomic E-state index is 0.153. The van der Waals surface area contributed by atoms with Crippen molar-refractivity contribution in [1.29, 1.82) is 0 Å². The molecule has 0 aliphatic rings. The molecule has 1 atom stereocenters. The Hall–Kier alpha value is -0.960. The van der Waals surface area contributed by atoms with Crippen LogP contribution < -0.4 is 5.32 Å². The van der Waals surface area contributed by atoms with Crippen molar-refractivity contribution in [3.8, 4) is 0 Å². The van der Waals surface area contributed by atoms with Crippen LogP contribution in [0.4, 0.5) is 8.78 Å². The van der Waals surface area contributed by atoms with Crippen molar-refractivity contribution in [2.24, 2.45) is 5.92 Å². The lowest BCUT2D eigenvalue weighted by atomic mass is 9.95. The normalized spacial score (nSPS) is 13.3. The standard InChI is InChI=1S/C12H17F2N/c1-7(2)12(15-4)9-6-10(13)8(3)5-11(9)14/h5-7,12,15H,1-4H3. The van der Waals surface area contributed by atoms with Crippen LogP contribution >= 0.6 is 0 Å². The number of nitrogens with one attached hydrogen (secondary N) is 1. The molecule has 1 aromatic carbocycles. The Morgan fingerprint density at radius 2 is 1.73 bits per heavy atom. The van der Waals surface area contributed by atoms with Crippen LogP contribution in [0.25, 0.3) is 0 Å². The number of benzene rings is 1. The third-order valence-corrected chi connectivity index (χ3v) is 2.59. The van der Waals surface area contributed by atoms with E-state index < -0.39 is 0 Å². The molecule has 0 radical (unpaired) electrons. The van der Waals surface area contributed by atoms with Gasteiger partial charge in [0, 0.05) is 11.6 Å². The minimum atomic E-state index is -0.354. The maximum absolute atomic E-state index is 13.6. The van der Waals surface area contributed by atoms with Crippen LogP contribution in [0.2, 0.25) is 0 Å². The average molecular weight is 213 g/mol. The smallest absolute Gasteiger partial charge is 0.128 e. The second-order valence-electron chi connectivity index (χ2n) is 4.13. The Balaban J connectivity index is 3.18. The number of hydrogen-bond donors (Lipinski definition) is 1. The van der Waals surface area contributed by atoms with Gasteiger partial charge in [-0.25, -0.2) is 8.78 Å². The number of aryl methyl sites for hydroxylation is 1. The largest absolute Gasteiger partial charge is 0.313 e. The summed E-state index contributed by atoms with van der Waals surface area (Å²) >= 11 is 0. The number of halogens is 2. The van der Waals surface area contributed by atoms with Crippen LogP contribution in [0.1, 0.15) is 31.0 Å². The molecule has 0 heterocycles. The molecule has 1 unspecified atom stereocenters. The van der Waals surface area contributed by atoms with Gasteiger partial charge in [0.15, 0.2) is 0 Å². The Morgan fingerprint density at radius 3 is 2.20 bits per heavy atom. The van der Waals surface area contributed by atoms with Crippen LogP contribution in [-0.4, -0.2) is 7.05 Å². The van der Waals surface area contributed by atoms with Gasteiger partial charge in [0.2, 0.25) is 0 Å². The highest BCUT2D eigenvalue weighted by Gasteiger charge is 2.19. The molecule has 15 heavy (non-hydrogen) atoms. The second-order valence-corrected chi connectivity index (χ2v) is 4.13. The van der Waals surface area contributed by atoms with Crippen molar-refractivity contribution < 1.29 is 8.78 Å². The SMILES string of the molecule is CNC(c1cc(F)c(C)cc1F)C(C)C. The summed E-state index contributed by atoms with van der Waals surface area (Å²) in [5.41, 5.74) is 0.741. The lowest BCUT2D eigenvalue weighted by Gasteiger charge is -2.21. The highest BCUT2D eigenvalue weighted by atomic mass is 19.1. The Kier molecular flexibility index (Phi) is 3.80. The van der Waals surface area contributed by atoms with E-state index in [-0.39, 0.29) is 23.6 Å². The van der Waals surface area contributed by atoms with Crippen LogP contribution in [0, 0.1) is 24.5 Å². The van der Waals surface area contributed by atoms with Gasteiger partial charge >= 0.3 is 0 Å². The number of hydrogen-bond acceptors (Lipinski definition) is 1. The van der Waals surface area contributed by atoms with Gasteiger partial charge in [-0.15, -0.1) is 0 Å². The van der Waals surface area contributed by atoms with Gasteiger partial charge in [0.25, 0.3) is 0 Å². The molecule has 0 saturated heterocycles. The lowest BCUT2D eigenvalue weighted by molar-refractivity contribution is 0.421. The van der Waals surface area contributed by atoms with Crippen LogP contribution in [0.5, 0.6) is 0 Å². The van der Waals surface area contributed by atoms with Crippen molar-refractivity contribution in [3.63, 3.8) is 0 Å². The molecule has 0 aromatic heterocycles. The predicted molar refractivity (Wildman–Crippen MR) is 57.7 cm³/mol. The molecule has 1 nitrogen and oxygen atoms in total. The summed E-state index contributed by atoms with van der Waals surface area (Å²) in [6.07, 6.45) is 0. The van der Waals surface area contributed by atoms with Crippen molar-refractivity contribution in [2.45, 2.75) is 26.8 Å². The summed E-state index contributed by atoms with van der Waals surface area (Å²) in [5.74, 6) is -0.485. The maximum atomic E-state index is 13.6. The van der Waals surface area contributed by atoms with E-state index >= 15 is 0 Å². The van der Waals surface area contributed by atoms with Gasteiger partial charge in [-0.2, -0.15) is 0 Å². The van der Waals surface area contributed by atoms with Crippen molar-refractivity contribution >= 4 is 0 Å². The van der Waals surface area contributed by atoms with Gasteiger partial charge in [0.05, 0.1) is 0 Å². The van der Waals surface area contributed by atoms with E-state index in [1.807, 2.05) is 13.8 Å². The predicted octanol–water partition coefficient (Wildman–Crippen LogP) is 3.19. The van der Waals surface area contributed by atoms with E-state index in [0.717, 1.165) is 0 Å². The monoisotopic (exact) mass is 213 g/mol. The van der Waals surface area contributed by atoms with Gasteiger partial charge in [0.1, 0.15) is 11.6 Å². The van der Waals surface area contributed by atoms with E-state index in [1.165, 1.54) is 12.1 Å². The van der Waals surface area contributed by atoms with Gasteiger partial charge in [-0.1, -0.05) is 13.8 Å². The third kappa shape index (κ3) is 2.53. The molecule has 0 aliphatic heterocycles. The summed E-state index contributed by atoms with van der Waals surface area (Å²) in [5, 5.41) is 3.00. The maximum Gasteiger partial charge on any atom is 0.128 e. The molecule has 0 bridgehead atoms. The summed E-state index contributed by atoms with van der Waals surface area (Å²) in [7, 11) is 1.75. The van der Waals surface area contributed by atoms with Gasteiger partial charge in [-0.3, -0.25) is 0 Å². The highest BCUT2D eigenvalue weighted by Crippen LogP contribution is 2.25. The summed E-state index contributed by atoms with van der Waals surface area (Å²) in [4.78, 5) is 0. The highest BCUT2D eigenvalue weighted by molar-refractivity contribution is 5.28. The fourth-order valence-corrected chi connectivity index (χ4v) is 1.75. The topological polar surface area (TPSA) is 12.0 Å². The molecule has 0 spiro atoms. The molecular formula is C12H17F2N. The Morgan fingerprint density at radius 1 is 1.13 bits per heavy atom. The zero-order valence-electron chi connectivity index (χ0n) is 9.57. The van der Waals surface area contributed by atoms with E-state index in [4.69, 9.17) is 0 Å². The van der Waals surface area contributed by atoms with Crippen molar-refractivity contribution in [3.05, 3.63) is 34.9 Å². The molecule has 0 fully saturated rings. The minimum Gasteiger partial charge on any atom is -0.313 e. The summed E-state index contributed by atoms with van der Waals surface area (Å²) < 4.78 is 26.9. The fraction of sp³-hybridized carbons (Fsp3) is 0.500. The first kappa shape index (κ1) is 12.1. The second kappa shape index (κ2) is 4.71. The molecule has 1 rings (SSSR count). The first-order valence-electron chi connectivity index (χ1n) is 5.10. The molecule has 0 aliphatic carbocycles.